The molecule has 0 amide bonds. The van der Waals surface area contributed by atoms with E-state index in [4.69, 9.17) is 0 Å². The van der Waals surface area contributed by atoms with Gasteiger partial charge in [0.15, 0.2) is 0 Å². The van der Waals surface area contributed by atoms with Gasteiger partial charge in [-0.1, -0.05) is 70.3 Å². The molecule has 0 nitrogen and oxygen atoms in total. The third kappa shape index (κ3) is 14.5. The Balaban J connectivity index is 0. The fourth-order valence-electron chi connectivity index (χ4n) is 1.80. The predicted octanol–water partition coefficient (Wildman–Crippen LogP) is 6.89. The average Bonchev–Trinajstić information content (AvgIpc) is 2.32. The second kappa shape index (κ2) is 11.4. The number of hydrogen-bond acceptors (Lipinski definition) is 0. The Morgan fingerprint density at radius 1 is 1.05 bits per heavy atom. The molecule has 0 fully saturated rings. The van der Waals surface area contributed by atoms with Crippen LogP contribution in [0.15, 0.2) is 28.9 Å². The van der Waals surface area contributed by atoms with E-state index in [2.05, 4.69) is 73.6 Å². The van der Waals surface area contributed by atoms with E-state index in [0.29, 0.717) is 11.3 Å². The van der Waals surface area contributed by atoms with Crippen LogP contribution in [0.25, 0.3) is 0 Å². The van der Waals surface area contributed by atoms with Gasteiger partial charge >= 0.3 is 0 Å². The molecule has 1 unspecified atom stereocenters. The SMILES string of the molecule is CC(=[C-]CC/C(C)=C/CC(C)(C)C)C(C)CC=C(C)C.[Rh]. The zero-order chi connectivity index (χ0) is 15.8. The van der Waals surface area contributed by atoms with Gasteiger partial charge in [-0.05, 0) is 39.0 Å². The van der Waals surface area contributed by atoms with Gasteiger partial charge in [-0.2, -0.15) is 6.42 Å². The van der Waals surface area contributed by atoms with Gasteiger partial charge in [-0.15, -0.1) is 0 Å². The average molecular weight is 378 g/mol. The fraction of sp³-hybridized carbons (Fsp3) is 0.700. The molecule has 0 aliphatic heterocycles. The topological polar surface area (TPSA) is 0 Å². The normalized spacial score (nSPS) is 14.5. The van der Waals surface area contributed by atoms with Crippen LogP contribution >= 0.6 is 0 Å². The van der Waals surface area contributed by atoms with Crippen molar-refractivity contribution in [1.29, 1.82) is 0 Å². The maximum Gasteiger partial charge on any atom is 0 e. The van der Waals surface area contributed by atoms with Crippen molar-refractivity contribution in [3.63, 3.8) is 0 Å². The van der Waals surface area contributed by atoms with E-state index >= 15 is 0 Å². The summed E-state index contributed by atoms with van der Waals surface area (Å²) in [4.78, 5) is 0. The fourth-order valence-corrected chi connectivity index (χ4v) is 1.80. The number of rotatable bonds is 7. The first kappa shape index (κ1) is 23.1. The first-order valence-electron chi connectivity index (χ1n) is 7.98. The van der Waals surface area contributed by atoms with Crippen LogP contribution in [0.4, 0.5) is 0 Å². The molecule has 0 spiro atoms. The Morgan fingerprint density at radius 3 is 2.10 bits per heavy atom. The smallest absolute Gasteiger partial charge is 0 e. The molecule has 0 bridgehead atoms. The molecule has 0 N–H and O–H groups in total. The first-order chi connectivity index (χ1) is 9.11. The number of allylic oxidation sites excluding steroid dienone is 6. The molecule has 21 heavy (non-hydrogen) atoms. The Bertz CT molecular complexity index is 360. The van der Waals surface area contributed by atoms with E-state index in [1.807, 2.05) is 0 Å². The Hall–Kier alpha value is -0.157. The molecule has 0 heterocycles. The van der Waals surface area contributed by atoms with Crippen molar-refractivity contribution < 1.29 is 19.5 Å². The van der Waals surface area contributed by atoms with Crippen molar-refractivity contribution in [2.75, 3.05) is 0 Å². The minimum absolute atomic E-state index is 0. The quantitative estimate of drug-likeness (QED) is 0.257. The van der Waals surface area contributed by atoms with Crippen molar-refractivity contribution in [3.05, 3.63) is 34.9 Å². The van der Waals surface area contributed by atoms with Crippen LogP contribution in [-0.2, 0) is 19.5 Å². The van der Waals surface area contributed by atoms with E-state index in [9.17, 15) is 0 Å². The van der Waals surface area contributed by atoms with E-state index in [-0.39, 0.29) is 19.5 Å². The standard InChI is InChI=1S/C20H35.Rh/c1-16(2)12-13-19(5)18(4)11-9-10-17(3)14-15-20(6,7)8;/h12,14,19H,9-10,13,15H2,1-8H3;/q-1;/b17-14+;. The molecular weight excluding hydrogens is 343 g/mol. The van der Waals surface area contributed by atoms with Gasteiger partial charge in [-0.3, -0.25) is 5.57 Å². The molecule has 0 aromatic heterocycles. The Kier molecular flexibility index (Phi) is 12.6. The van der Waals surface area contributed by atoms with Crippen LogP contribution in [0.3, 0.4) is 0 Å². The molecule has 0 aromatic rings. The predicted molar refractivity (Wildman–Crippen MR) is 92.7 cm³/mol. The molecule has 1 atom stereocenters. The summed E-state index contributed by atoms with van der Waals surface area (Å²) in [6.07, 6.45) is 12.8. The molecule has 1 radical (unpaired) electrons. The summed E-state index contributed by atoms with van der Waals surface area (Å²) < 4.78 is 0. The number of hydrogen-bond donors (Lipinski definition) is 0. The maximum atomic E-state index is 3.58. The van der Waals surface area contributed by atoms with E-state index in [1.54, 1.807) is 0 Å². The van der Waals surface area contributed by atoms with Crippen molar-refractivity contribution in [3.8, 4) is 0 Å². The summed E-state index contributed by atoms with van der Waals surface area (Å²) in [7, 11) is 0. The van der Waals surface area contributed by atoms with Crippen LogP contribution in [0, 0.1) is 17.4 Å². The molecule has 0 rings (SSSR count). The van der Waals surface area contributed by atoms with Gasteiger partial charge < -0.3 is 6.08 Å². The summed E-state index contributed by atoms with van der Waals surface area (Å²) in [6, 6.07) is 0. The van der Waals surface area contributed by atoms with Gasteiger partial charge in [-0.25, -0.2) is 0 Å². The summed E-state index contributed by atoms with van der Waals surface area (Å²) in [5.74, 6) is 0.615. The van der Waals surface area contributed by atoms with Gasteiger partial charge in [0.2, 0.25) is 0 Å². The van der Waals surface area contributed by atoms with Crippen LogP contribution < -0.4 is 0 Å². The van der Waals surface area contributed by atoms with Crippen LogP contribution in [0.2, 0.25) is 0 Å². The van der Waals surface area contributed by atoms with Crippen molar-refractivity contribution in [2.24, 2.45) is 11.3 Å². The first-order valence-corrected chi connectivity index (χ1v) is 7.98. The van der Waals surface area contributed by atoms with Crippen molar-refractivity contribution >= 4 is 0 Å². The summed E-state index contributed by atoms with van der Waals surface area (Å²) >= 11 is 0. The van der Waals surface area contributed by atoms with Gasteiger partial charge in [0.25, 0.3) is 0 Å². The van der Waals surface area contributed by atoms with E-state index in [0.717, 1.165) is 19.3 Å². The molecule has 0 saturated carbocycles. The zero-order valence-electron chi connectivity index (χ0n) is 15.4. The molecule has 125 valence electrons. The van der Waals surface area contributed by atoms with Crippen molar-refractivity contribution in [2.45, 2.75) is 81.1 Å². The molecule has 0 aromatic carbocycles. The van der Waals surface area contributed by atoms with Gasteiger partial charge in [0.1, 0.15) is 0 Å². The van der Waals surface area contributed by atoms with Gasteiger partial charge in [0, 0.05) is 19.5 Å². The minimum atomic E-state index is 0. The third-order valence-corrected chi connectivity index (χ3v) is 3.60. The summed E-state index contributed by atoms with van der Waals surface area (Å²) in [5.41, 5.74) is 4.71. The van der Waals surface area contributed by atoms with Crippen molar-refractivity contribution in [1.82, 2.24) is 0 Å². The van der Waals surface area contributed by atoms with E-state index in [1.165, 1.54) is 23.1 Å². The maximum absolute atomic E-state index is 3.58. The summed E-state index contributed by atoms with van der Waals surface area (Å²) in [5, 5.41) is 0. The van der Waals surface area contributed by atoms with E-state index < -0.39 is 0 Å². The van der Waals surface area contributed by atoms with Crippen LogP contribution in [-0.4, -0.2) is 0 Å². The second-order valence-electron chi connectivity index (χ2n) is 7.59. The molecule has 0 aliphatic carbocycles. The molecule has 0 saturated heterocycles. The van der Waals surface area contributed by atoms with Gasteiger partial charge in [0.05, 0.1) is 0 Å². The molecular formula is C20H35Rh-. The Morgan fingerprint density at radius 2 is 1.62 bits per heavy atom. The molecule has 0 aliphatic rings. The Labute approximate surface area is 146 Å². The largest absolute Gasteiger partial charge is 0.497 e. The third-order valence-electron chi connectivity index (χ3n) is 3.60. The van der Waals surface area contributed by atoms with Crippen LogP contribution in [0.5, 0.6) is 0 Å². The monoisotopic (exact) mass is 378 g/mol. The molecule has 1 heteroatoms. The minimum Gasteiger partial charge on any atom is -0.497 e. The zero-order valence-corrected chi connectivity index (χ0v) is 17.0. The second-order valence-corrected chi connectivity index (χ2v) is 7.59. The summed E-state index contributed by atoms with van der Waals surface area (Å²) in [6.45, 7) is 18.0. The van der Waals surface area contributed by atoms with Crippen LogP contribution in [0.1, 0.15) is 81.1 Å².